The fraction of sp³-hybridized carbons (Fsp3) is 0.0870. The first-order valence-corrected chi connectivity index (χ1v) is 9.12. The minimum Gasteiger partial charge on any atom is -0.384 e. The van der Waals surface area contributed by atoms with Crippen molar-refractivity contribution in [2.24, 2.45) is 0 Å². The second-order valence-electron chi connectivity index (χ2n) is 6.63. The molecular formula is C23H21N5. The van der Waals surface area contributed by atoms with Gasteiger partial charge in [-0.05, 0) is 41.5 Å². The van der Waals surface area contributed by atoms with E-state index in [9.17, 15) is 0 Å². The van der Waals surface area contributed by atoms with Gasteiger partial charge in [0.2, 0.25) is 0 Å². The normalized spacial score (nSPS) is 12.0. The molecule has 4 aromatic rings. The predicted octanol–water partition coefficient (Wildman–Crippen LogP) is 4.00. The predicted molar refractivity (Wildman–Crippen MR) is 112 cm³/mol. The van der Waals surface area contributed by atoms with Crippen LogP contribution in [-0.4, -0.2) is 15.0 Å². The average molecular weight is 367 g/mol. The molecule has 28 heavy (non-hydrogen) atoms. The summed E-state index contributed by atoms with van der Waals surface area (Å²) in [6.45, 7) is 0. The maximum Gasteiger partial charge on any atom is 0.123 e. The lowest BCUT2D eigenvalue weighted by atomic mass is 9.77. The van der Waals surface area contributed by atoms with Crippen molar-refractivity contribution < 1.29 is 0 Å². The summed E-state index contributed by atoms with van der Waals surface area (Å²) < 4.78 is 0. The zero-order valence-electron chi connectivity index (χ0n) is 15.3. The van der Waals surface area contributed by atoms with E-state index in [2.05, 4.69) is 33.2 Å². The van der Waals surface area contributed by atoms with E-state index in [1.165, 1.54) is 0 Å². The van der Waals surface area contributed by atoms with Gasteiger partial charge < -0.3 is 11.5 Å². The van der Waals surface area contributed by atoms with Crippen LogP contribution in [0.1, 0.15) is 34.4 Å². The second kappa shape index (κ2) is 7.88. The second-order valence-corrected chi connectivity index (χ2v) is 6.63. The third-order valence-electron chi connectivity index (χ3n) is 4.76. The van der Waals surface area contributed by atoms with E-state index in [1.54, 1.807) is 18.3 Å². The molecule has 0 amide bonds. The number of anilines is 2. The molecule has 0 aliphatic carbocycles. The molecule has 0 aliphatic heterocycles. The van der Waals surface area contributed by atoms with E-state index in [0.717, 1.165) is 22.5 Å². The van der Waals surface area contributed by atoms with Crippen LogP contribution in [0.25, 0.3) is 0 Å². The van der Waals surface area contributed by atoms with Crippen LogP contribution in [0.4, 0.5) is 11.6 Å². The molecule has 0 saturated carbocycles. The van der Waals surface area contributed by atoms with Gasteiger partial charge in [-0.15, -0.1) is 0 Å². The zero-order chi connectivity index (χ0) is 19.3. The number of rotatable bonds is 5. The number of nitrogens with zero attached hydrogens (tertiary/aromatic N) is 3. The van der Waals surface area contributed by atoms with Crippen molar-refractivity contribution in [3.63, 3.8) is 0 Å². The van der Waals surface area contributed by atoms with Gasteiger partial charge in [0.05, 0.1) is 17.3 Å². The molecule has 0 bridgehead atoms. The van der Waals surface area contributed by atoms with Gasteiger partial charge in [0.15, 0.2) is 0 Å². The molecule has 1 unspecified atom stereocenters. The van der Waals surface area contributed by atoms with Gasteiger partial charge >= 0.3 is 0 Å². The molecule has 5 heteroatoms. The number of nitrogen functional groups attached to an aromatic ring is 2. The van der Waals surface area contributed by atoms with E-state index < -0.39 is 0 Å². The highest BCUT2D eigenvalue weighted by atomic mass is 14.9. The lowest BCUT2D eigenvalue weighted by molar-refractivity contribution is 0.656. The van der Waals surface area contributed by atoms with Gasteiger partial charge in [0, 0.05) is 18.3 Å². The molecule has 4 rings (SSSR count). The Labute approximate surface area is 164 Å². The third kappa shape index (κ3) is 3.69. The molecule has 3 heterocycles. The summed E-state index contributed by atoms with van der Waals surface area (Å²) in [5.41, 5.74) is 15.9. The van der Waals surface area contributed by atoms with Crippen LogP contribution >= 0.6 is 0 Å². The Kier molecular flexibility index (Phi) is 4.97. The highest BCUT2D eigenvalue weighted by Crippen LogP contribution is 2.41. The van der Waals surface area contributed by atoms with Crippen molar-refractivity contribution in [2.45, 2.75) is 11.8 Å². The summed E-state index contributed by atoms with van der Waals surface area (Å²) in [4.78, 5) is 13.6. The maximum absolute atomic E-state index is 6.01. The van der Waals surface area contributed by atoms with Crippen LogP contribution in [0.15, 0.2) is 91.3 Å². The Morgan fingerprint density at radius 1 is 0.571 bits per heavy atom. The Balaban J connectivity index is 1.96. The number of hydrogen-bond acceptors (Lipinski definition) is 5. The largest absolute Gasteiger partial charge is 0.384 e. The van der Waals surface area contributed by atoms with E-state index in [0.29, 0.717) is 11.6 Å². The molecule has 0 spiro atoms. The first-order chi connectivity index (χ1) is 13.7. The molecule has 138 valence electrons. The fourth-order valence-electron chi connectivity index (χ4n) is 3.57. The topological polar surface area (TPSA) is 90.7 Å². The first kappa shape index (κ1) is 17.7. The molecular weight excluding hydrogens is 346 g/mol. The standard InChI is InChI=1S/C23H21N5/c24-20-12-4-10-18(27-20)23(19-11-5-13-21(25)28-19)22(16-7-2-1-3-8-16)17-9-6-14-26-15-17/h1-15,22-23H,(H2,24,27)(H2,25,28). The highest BCUT2D eigenvalue weighted by Gasteiger charge is 2.30. The van der Waals surface area contributed by atoms with Crippen LogP contribution in [0.5, 0.6) is 0 Å². The van der Waals surface area contributed by atoms with Crippen molar-refractivity contribution in [2.75, 3.05) is 11.5 Å². The molecule has 5 nitrogen and oxygen atoms in total. The lowest BCUT2D eigenvalue weighted by Gasteiger charge is -2.27. The Morgan fingerprint density at radius 3 is 1.71 bits per heavy atom. The van der Waals surface area contributed by atoms with Crippen molar-refractivity contribution in [1.29, 1.82) is 0 Å². The summed E-state index contributed by atoms with van der Waals surface area (Å²) >= 11 is 0. The van der Waals surface area contributed by atoms with Gasteiger partial charge in [-0.1, -0.05) is 48.5 Å². The van der Waals surface area contributed by atoms with Crippen LogP contribution in [-0.2, 0) is 0 Å². The highest BCUT2D eigenvalue weighted by molar-refractivity contribution is 5.43. The summed E-state index contributed by atoms with van der Waals surface area (Å²) in [7, 11) is 0. The van der Waals surface area contributed by atoms with Crippen LogP contribution in [0.2, 0.25) is 0 Å². The van der Waals surface area contributed by atoms with Gasteiger partial charge in [-0.25, -0.2) is 9.97 Å². The first-order valence-electron chi connectivity index (χ1n) is 9.12. The minimum atomic E-state index is -0.168. The Morgan fingerprint density at radius 2 is 1.18 bits per heavy atom. The SMILES string of the molecule is Nc1cccc(C(c2cccc(N)n2)C(c2ccccc2)c2cccnc2)n1. The van der Waals surface area contributed by atoms with E-state index in [-0.39, 0.29) is 11.8 Å². The molecule has 0 saturated heterocycles. The van der Waals surface area contributed by atoms with Gasteiger partial charge in [0.1, 0.15) is 11.6 Å². The number of pyridine rings is 3. The molecule has 4 N–H and O–H groups in total. The molecule has 0 fully saturated rings. The van der Waals surface area contributed by atoms with Crippen molar-refractivity contribution >= 4 is 11.6 Å². The third-order valence-corrected chi connectivity index (χ3v) is 4.76. The quantitative estimate of drug-likeness (QED) is 0.556. The summed E-state index contributed by atoms with van der Waals surface area (Å²) in [6.07, 6.45) is 3.67. The summed E-state index contributed by atoms with van der Waals surface area (Å²) in [6, 6.07) is 25.7. The monoisotopic (exact) mass is 367 g/mol. The minimum absolute atomic E-state index is 0.0431. The van der Waals surface area contributed by atoms with Gasteiger partial charge in [-0.2, -0.15) is 0 Å². The Bertz CT molecular complexity index is 966. The molecule has 3 aromatic heterocycles. The average Bonchev–Trinajstić information content (AvgIpc) is 2.73. The number of hydrogen-bond donors (Lipinski definition) is 2. The lowest BCUT2D eigenvalue weighted by Crippen LogP contribution is -2.18. The van der Waals surface area contributed by atoms with Crippen molar-refractivity contribution in [3.05, 3.63) is 114 Å². The zero-order valence-corrected chi connectivity index (χ0v) is 15.3. The van der Waals surface area contributed by atoms with E-state index in [4.69, 9.17) is 11.5 Å². The fourth-order valence-corrected chi connectivity index (χ4v) is 3.57. The molecule has 0 aliphatic rings. The molecule has 0 radical (unpaired) electrons. The van der Waals surface area contributed by atoms with Crippen LogP contribution in [0, 0.1) is 0 Å². The maximum atomic E-state index is 6.01. The van der Waals surface area contributed by atoms with E-state index in [1.807, 2.05) is 54.7 Å². The summed E-state index contributed by atoms with van der Waals surface area (Å²) in [5, 5.41) is 0. The number of nitrogens with two attached hydrogens (primary N) is 2. The van der Waals surface area contributed by atoms with Gasteiger partial charge in [-0.3, -0.25) is 4.98 Å². The van der Waals surface area contributed by atoms with Crippen molar-refractivity contribution in [1.82, 2.24) is 15.0 Å². The molecule has 1 aromatic carbocycles. The smallest absolute Gasteiger partial charge is 0.123 e. The van der Waals surface area contributed by atoms with Crippen LogP contribution in [0.3, 0.4) is 0 Å². The number of aromatic nitrogens is 3. The van der Waals surface area contributed by atoms with Gasteiger partial charge in [0.25, 0.3) is 0 Å². The summed E-state index contributed by atoms with van der Waals surface area (Å²) in [5.74, 6) is 0.742. The van der Waals surface area contributed by atoms with Crippen LogP contribution < -0.4 is 11.5 Å². The molecule has 1 atom stereocenters. The Hall–Kier alpha value is -3.73. The number of benzene rings is 1. The van der Waals surface area contributed by atoms with E-state index >= 15 is 0 Å². The van der Waals surface area contributed by atoms with Crippen molar-refractivity contribution in [3.8, 4) is 0 Å².